The van der Waals surface area contributed by atoms with Crippen LogP contribution in [0.3, 0.4) is 0 Å². The molecule has 2 N–H and O–H groups in total. The van der Waals surface area contributed by atoms with Gasteiger partial charge < -0.3 is 29.4 Å². The summed E-state index contributed by atoms with van der Waals surface area (Å²) in [6.07, 6.45) is -0.689. The number of alkyl carbamates (subject to hydrolysis) is 1. The number of aliphatic carboxylic acids is 1. The summed E-state index contributed by atoms with van der Waals surface area (Å²) in [6.45, 7) is 7.52. The average Bonchev–Trinajstić information content (AvgIpc) is 2.73. The maximum Gasteiger partial charge on any atom is 0.408 e. The van der Waals surface area contributed by atoms with Gasteiger partial charge >= 0.3 is 12.1 Å². The van der Waals surface area contributed by atoms with Gasteiger partial charge in [-0.25, -0.2) is 9.59 Å². The summed E-state index contributed by atoms with van der Waals surface area (Å²) in [6, 6.07) is -1.28. The first kappa shape index (κ1) is 27.9. The number of ether oxygens (including phenoxy) is 4. The van der Waals surface area contributed by atoms with E-state index in [1.165, 1.54) is 0 Å². The smallest absolute Gasteiger partial charge is 0.408 e. The maximum absolute atomic E-state index is 11.8. The van der Waals surface area contributed by atoms with E-state index in [1.807, 2.05) is 0 Å². The third-order valence-corrected chi connectivity index (χ3v) is 3.55. The van der Waals surface area contributed by atoms with Crippen LogP contribution in [0.4, 0.5) is 4.79 Å². The third kappa shape index (κ3) is 14.5. The number of rotatable bonds is 16. The van der Waals surface area contributed by atoms with Crippen molar-refractivity contribution in [3.63, 3.8) is 0 Å². The number of aromatic nitrogens is 4. The number of carbonyl (C=O) groups is 2. The van der Waals surface area contributed by atoms with Crippen molar-refractivity contribution < 1.29 is 33.6 Å². The molecule has 0 spiro atoms. The van der Waals surface area contributed by atoms with E-state index in [4.69, 9.17) is 24.5 Å². The fraction of sp³-hybridized carbons (Fsp3) is 0.778. The topological polar surface area (TPSA) is 204 Å². The van der Waals surface area contributed by atoms with Gasteiger partial charge in [-0.3, -0.25) is 0 Å². The molecule has 0 saturated heterocycles. The molecule has 1 amide bonds. The lowest BCUT2D eigenvalue weighted by Crippen LogP contribution is -2.45. The van der Waals surface area contributed by atoms with Gasteiger partial charge in [0.2, 0.25) is 0 Å². The molecule has 0 aliphatic carbocycles. The van der Waals surface area contributed by atoms with Gasteiger partial charge in [0.1, 0.15) is 11.6 Å². The van der Waals surface area contributed by atoms with Gasteiger partial charge in [-0.1, -0.05) is 5.11 Å². The van der Waals surface area contributed by atoms with Crippen molar-refractivity contribution >= 4 is 12.1 Å². The molecular weight excluding hydrogens is 440 g/mol. The molecule has 184 valence electrons. The van der Waals surface area contributed by atoms with Gasteiger partial charge in [-0.15, -0.1) is 20.4 Å². The zero-order chi connectivity index (χ0) is 24.5. The second-order valence-corrected chi connectivity index (χ2v) is 7.52. The molecule has 1 atom stereocenters. The quantitative estimate of drug-likeness (QED) is 0.149. The number of amides is 1. The fourth-order valence-electron chi connectivity index (χ4n) is 2.14. The Balaban J connectivity index is 2.24. The van der Waals surface area contributed by atoms with Crippen LogP contribution in [-0.4, -0.2) is 95.4 Å². The van der Waals surface area contributed by atoms with E-state index < -0.39 is 23.7 Å². The Morgan fingerprint density at radius 2 is 1.55 bits per heavy atom. The minimum Gasteiger partial charge on any atom is -0.480 e. The second kappa shape index (κ2) is 15.6. The van der Waals surface area contributed by atoms with E-state index in [1.54, 1.807) is 20.8 Å². The molecule has 0 aliphatic heterocycles. The highest BCUT2D eigenvalue weighted by Gasteiger charge is 2.25. The van der Waals surface area contributed by atoms with E-state index in [0.717, 1.165) is 0 Å². The average molecular weight is 470 g/mol. The highest BCUT2D eigenvalue weighted by Crippen LogP contribution is 2.07. The van der Waals surface area contributed by atoms with Gasteiger partial charge in [0.05, 0.1) is 39.6 Å². The van der Waals surface area contributed by atoms with E-state index in [2.05, 4.69) is 35.7 Å². The van der Waals surface area contributed by atoms with Crippen LogP contribution in [0, 0.1) is 0 Å². The maximum atomic E-state index is 11.8. The van der Waals surface area contributed by atoms with E-state index in [-0.39, 0.29) is 18.8 Å². The van der Waals surface area contributed by atoms with E-state index in [0.29, 0.717) is 51.9 Å². The molecule has 1 aromatic heterocycles. The molecule has 0 aliphatic rings. The van der Waals surface area contributed by atoms with Crippen LogP contribution in [0.1, 0.15) is 32.4 Å². The summed E-state index contributed by atoms with van der Waals surface area (Å²) in [7, 11) is 0. The first-order chi connectivity index (χ1) is 15.7. The summed E-state index contributed by atoms with van der Waals surface area (Å²) in [4.78, 5) is 25.8. The van der Waals surface area contributed by atoms with E-state index >= 15 is 0 Å². The molecule has 1 heterocycles. The van der Waals surface area contributed by atoms with E-state index in [9.17, 15) is 14.7 Å². The molecule has 33 heavy (non-hydrogen) atoms. The van der Waals surface area contributed by atoms with Crippen molar-refractivity contribution in [2.24, 2.45) is 5.11 Å². The highest BCUT2D eigenvalue weighted by molar-refractivity contribution is 5.80. The fourth-order valence-corrected chi connectivity index (χ4v) is 2.14. The number of hydrogen-bond acceptors (Lipinski definition) is 11. The molecular formula is C18H30N8O7. The summed E-state index contributed by atoms with van der Waals surface area (Å²) in [5.74, 6) is -0.859. The largest absolute Gasteiger partial charge is 0.480 e. The Morgan fingerprint density at radius 1 is 1.00 bits per heavy atom. The first-order valence-corrected chi connectivity index (χ1v) is 10.2. The zero-order valence-electron chi connectivity index (χ0n) is 19.0. The third-order valence-electron chi connectivity index (χ3n) is 3.55. The van der Waals surface area contributed by atoms with Crippen molar-refractivity contribution in [3.05, 3.63) is 22.1 Å². The Kier molecular flexibility index (Phi) is 13.2. The molecule has 15 heteroatoms. The number of carbonyl (C=O) groups excluding carboxylic acids is 1. The lowest BCUT2D eigenvalue weighted by Gasteiger charge is -2.21. The molecule has 0 bridgehead atoms. The Hall–Kier alpha value is -3.13. The number of carboxylic acids is 1. The molecule has 1 rings (SSSR count). The molecule has 0 aromatic carbocycles. The Bertz CT molecular complexity index is 766. The molecule has 0 radical (unpaired) electrons. The number of nitrogens with one attached hydrogen (secondary N) is 1. The van der Waals surface area contributed by atoms with Gasteiger partial charge in [0, 0.05) is 24.3 Å². The van der Waals surface area contributed by atoms with Gasteiger partial charge in [0.25, 0.3) is 0 Å². The van der Waals surface area contributed by atoms with Crippen molar-refractivity contribution in [3.8, 4) is 0 Å². The minimum absolute atomic E-state index is 0.0678. The van der Waals surface area contributed by atoms with Crippen LogP contribution in [0.25, 0.3) is 10.4 Å². The normalized spacial score (nSPS) is 12.0. The summed E-state index contributed by atoms with van der Waals surface area (Å²) in [5, 5.41) is 30.4. The van der Waals surface area contributed by atoms with Gasteiger partial charge in [0.15, 0.2) is 11.6 Å². The predicted molar refractivity (Wildman–Crippen MR) is 112 cm³/mol. The number of carboxylic acid groups (broad SMARTS) is 1. The van der Waals surface area contributed by atoms with Gasteiger partial charge in [-0.05, 0) is 26.3 Å². The second-order valence-electron chi connectivity index (χ2n) is 7.52. The molecule has 0 unspecified atom stereocenters. The summed E-state index contributed by atoms with van der Waals surface area (Å²) < 4.78 is 21.0. The number of hydrogen-bond donors (Lipinski definition) is 2. The van der Waals surface area contributed by atoms with Crippen LogP contribution < -0.4 is 5.32 Å². The van der Waals surface area contributed by atoms with Gasteiger partial charge in [-0.2, -0.15) is 0 Å². The predicted octanol–water partition coefficient (Wildman–Crippen LogP) is 0.690. The number of nitrogens with zero attached hydrogens (tertiary/aromatic N) is 7. The van der Waals surface area contributed by atoms with Crippen LogP contribution in [0.2, 0.25) is 0 Å². The minimum atomic E-state index is -1.28. The number of azide groups is 1. The molecule has 1 aromatic rings. The van der Waals surface area contributed by atoms with Crippen molar-refractivity contribution in [1.29, 1.82) is 0 Å². The summed E-state index contributed by atoms with van der Waals surface area (Å²) >= 11 is 0. The first-order valence-electron chi connectivity index (χ1n) is 10.2. The molecule has 15 nitrogen and oxygen atoms in total. The van der Waals surface area contributed by atoms with Crippen LogP contribution >= 0.6 is 0 Å². The lowest BCUT2D eigenvalue weighted by molar-refractivity contribution is -0.139. The zero-order valence-corrected chi connectivity index (χ0v) is 19.0. The lowest BCUT2D eigenvalue weighted by atomic mass is 10.2. The standard InChI is InChI=1S/C18H30N8O7/c1-18(2,3)33-17(29)21-13(16(27)28)12-15-24-22-14(23-25-15)4-6-30-8-10-32-11-9-31-7-5-20-26-19/h13H,4-12H2,1-3H3,(H,21,29)(H,27,28)/t13-/m0/s1. The Morgan fingerprint density at radius 3 is 2.09 bits per heavy atom. The molecule has 0 saturated carbocycles. The van der Waals surface area contributed by atoms with Crippen LogP contribution in [-0.2, 0) is 36.6 Å². The highest BCUT2D eigenvalue weighted by atomic mass is 16.6. The summed E-state index contributed by atoms with van der Waals surface area (Å²) in [5.41, 5.74) is 7.35. The van der Waals surface area contributed by atoms with Crippen LogP contribution in [0.15, 0.2) is 5.11 Å². The SMILES string of the molecule is CC(C)(C)OC(=O)N[C@@H](Cc1nnc(CCOCCOCCOCCN=[N+]=[N-])nn1)C(=O)O. The Labute approximate surface area is 190 Å². The van der Waals surface area contributed by atoms with Crippen molar-refractivity contribution in [1.82, 2.24) is 25.7 Å². The van der Waals surface area contributed by atoms with Crippen LogP contribution in [0.5, 0.6) is 0 Å². The molecule has 0 fully saturated rings. The van der Waals surface area contributed by atoms with Crippen molar-refractivity contribution in [2.75, 3.05) is 46.2 Å². The monoisotopic (exact) mass is 470 g/mol. The van der Waals surface area contributed by atoms with Crippen molar-refractivity contribution in [2.45, 2.75) is 45.3 Å².